The molecule has 0 saturated heterocycles. The Kier molecular flexibility index (Phi) is 4.88. The van der Waals surface area contributed by atoms with Crippen molar-refractivity contribution in [2.75, 3.05) is 26.2 Å². The number of terminal acetylenes is 1. The SMILES string of the molecule is C#CCN(CC1CCC(CN)CC1)CC1CC1. The summed E-state index contributed by atoms with van der Waals surface area (Å²) in [6.07, 6.45) is 13.7. The molecule has 2 N–H and O–H groups in total. The molecule has 0 heterocycles. The highest BCUT2D eigenvalue weighted by Crippen LogP contribution is 2.32. The van der Waals surface area contributed by atoms with Crippen molar-refractivity contribution in [3.05, 3.63) is 0 Å². The summed E-state index contributed by atoms with van der Waals surface area (Å²) < 4.78 is 0. The smallest absolute Gasteiger partial charge is 0.0599 e. The zero-order valence-corrected chi connectivity index (χ0v) is 10.9. The zero-order valence-electron chi connectivity index (χ0n) is 10.9. The number of rotatable bonds is 6. The van der Waals surface area contributed by atoms with E-state index >= 15 is 0 Å². The van der Waals surface area contributed by atoms with Crippen molar-refractivity contribution in [3.63, 3.8) is 0 Å². The van der Waals surface area contributed by atoms with Crippen molar-refractivity contribution in [1.29, 1.82) is 0 Å². The highest BCUT2D eigenvalue weighted by atomic mass is 15.1. The summed E-state index contributed by atoms with van der Waals surface area (Å²) in [5.74, 6) is 5.42. The molecule has 0 atom stereocenters. The number of hydrogen-bond acceptors (Lipinski definition) is 2. The second-order valence-corrected chi connectivity index (χ2v) is 5.96. The molecule has 2 saturated carbocycles. The first-order valence-corrected chi connectivity index (χ1v) is 7.17. The molecule has 2 nitrogen and oxygen atoms in total. The summed E-state index contributed by atoms with van der Waals surface area (Å²) in [5.41, 5.74) is 5.73. The predicted octanol–water partition coefficient (Wildman–Crippen LogP) is 2.10. The van der Waals surface area contributed by atoms with Crippen LogP contribution in [0.4, 0.5) is 0 Å². The van der Waals surface area contributed by atoms with E-state index in [4.69, 9.17) is 12.2 Å². The maximum atomic E-state index is 5.73. The van der Waals surface area contributed by atoms with Gasteiger partial charge >= 0.3 is 0 Å². The molecule has 2 rings (SSSR count). The van der Waals surface area contributed by atoms with Crippen LogP contribution in [0, 0.1) is 30.1 Å². The van der Waals surface area contributed by atoms with Gasteiger partial charge in [0.05, 0.1) is 6.54 Å². The molecule has 0 spiro atoms. The lowest BCUT2D eigenvalue weighted by molar-refractivity contribution is 0.190. The maximum absolute atomic E-state index is 5.73. The highest BCUT2D eigenvalue weighted by Gasteiger charge is 2.26. The van der Waals surface area contributed by atoms with Gasteiger partial charge in [0, 0.05) is 13.1 Å². The minimum Gasteiger partial charge on any atom is -0.330 e. The van der Waals surface area contributed by atoms with Crippen LogP contribution in [0.25, 0.3) is 0 Å². The molecule has 2 aliphatic carbocycles. The number of hydrogen-bond donors (Lipinski definition) is 1. The third-order valence-electron chi connectivity index (χ3n) is 4.34. The Morgan fingerprint density at radius 2 is 1.41 bits per heavy atom. The van der Waals surface area contributed by atoms with Gasteiger partial charge in [0.25, 0.3) is 0 Å². The first-order valence-electron chi connectivity index (χ1n) is 7.17. The molecule has 96 valence electrons. The van der Waals surface area contributed by atoms with E-state index in [1.54, 1.807) is 0 Å². The molecular formula is C15H26N2. The summed E-state index contributed by atoms with van der Waals surface area (Å²) in [6.45, 7) is 4.18. The summed E-state index contributed by atoms with van der Waals surface area (Å²) in [5, 5.41) is 0. The first kappa shape index (κ1) is 12.9. The second kappa shape index (κ2) is 6.42. The van der Waals surface area contributed by atoms with Gasteiger partial charge < -0.3 is 5.73 Å². The summed E-state index contributed by atoms with van der Waals surface area (Å²) in [4.78, 5) is 2.51. The second-order valence-electron chi connectivity index (χ2n) is 5.96. The van der Waals surface area contributed by atoms with E-state index in [0.717, 1.165) is 30.8 Å². The molecule has 0 aromatic rings. The topological polar surface area (TPSA) is 29.3 Å². The van der Waals surface area contributed by atoms with Crippen molar-refractivity contribution in [1.82, 2.24) is 4.90 Å². The van der Waals surface area contributed by atoms with Gasteiger partial charge in [-0.05, 0) is 62.8 Å². The lowest BCUT2D eigenvalue weighted by atomic mass is 9.82. The van der Waals surface area contributed by atoms with E-state index in [1.807, 2.05) is 0 Å². The van der Waals surface area contributed by atoms with Gasteiger partial charge in [0.1, 0.15) is 0 Å². The fraction of sp³-hybridized carbons (Fsp3) is 0.867. The van der Waals surface area contributed by atoms with Crippen LogP contribution in [-0.2, 0) is 0 Å². The van der Waals surface area contributed by atoms with Crippen LogP contribution in [0.3, 0.4) is 0 Å². The molecule has 2 fully saturated rings. The Bertz CT molecular complexity index is 257. The van der Waals surface area contributed by atoms with E-state index < -0.39 is 0 Å². The average Bonchev–Trinajstić information content (AvgIpc) is 3.14. The van der Waals surface area contributed by atoms with Gasteiger partial charge in [-0.25, -0.2) is 0 Å². The van der Waals surface area contributed by atoms with Crippen molar-refractivity contribution in [2.45, 2.75) is 38.5 Å². The van der Waals surface area contributed by atoms with E-state index in [2.05, 4.69) is 10.8 Å². The predicted molar refractivity (Wildman–Crippen MR) is 72.5 cm³/mol. The van der Waals surface area contributed by atoms with Crippen molar-refractivity contribution < 1.29 is 0 Å². The Hall–Kier alpha value is -0.520. The number of nitrogens with zero attached hydrogens (tertiary/aromatic N) is 1. The monoisotopic (exact) mass is 234 g/mol. The Morgan fingerprint density at radius 3 is 1.82 bits per heavy atom. The molecule has 0 aromatic carbocycles. The average molecular weight is 234 g/mol. The van der Waals surface area contributed by atoms with Gasteiger partial charge in [0.2, 0.25) is 0 Å². The van der Waals surface area contributed by atoms with Crippen LogP contribution in [0.5, 0.6) is 0 Å². The zero-order chi connectivity index (χ0) is 12.1. The summed E-state index contributed by atoms with van der Waals surface area (Å²) in [6, 6.07) is 0. The molecule has 2 aliphatic rings. The lowest BCUT2D eigenvalue weighted by Gasteiger charge is -2.31. The molecule has 0 unspecified atom stereocenters. The summed E-state index contributed by atoms with van der Waals surface area (Å²) >= 11 is 0. The Morgan fingerprint density at radius 1 is 0.941 bits per heavy atom. The van der Waals surface area contributed by atoms with Gasteiger partial charge in [0.15, 0.2) is 0 Å². The molecule has 2 heteroatoms. The largest absolute Gasteiger partial charge is 0.330 e. The quantitative estimate of drug-likeness (QED) is 0.713. The van der Waals surface area contributed by atoms with E-state index in [-0.39, 0.29) is 0 Å². The lowest BCUT2D eigenvalue weighted by Crippen LogP contribution is -2.34. The van der Waals surface area contributed by atoms with Crippen LogP contribution in [0.2, 0.25) is 0 Å². The van der Waals surface area contributed by atoms with Crippen LogP contribution in [0.1, 0.15) is 38.5 Å². The highest BCUT2D eigenvalue weighted by molar-refractivity contribution is 4.91. The van der Waals surface area contributed by atoms with Gasteiger partial charge in [-0.2, -0.15) is 0 Å². The fourth-order valence-corrected chi connectivity index (χ4v) is 3.01. The molecule has 0 bridgehead atoms. The standard InChI is InChI=1S/C15H26N2/c1-2-9-17(12-15-7-8-15)11-14-5-3-13(10-16)4-6-14/h1,13-15H,3-12,16H2. The third-order valence-corrected chi connectivity index (χ3v) is 4.34. The van der Waals surface area contributed by atoms with E-state index in [9.17, 15) is 0 Å². The van der Waals surface area contributed by atoms with E-state index in [1.165, 1.54) is 51.6 Å². The third kappa shape index (κ3) is 4.33. The minimum atomic E-state index is 0.788. The van der Waals surface area contributed by atoms with Gasteiger partial charge in [-0.15, -0.1) is 6.42 Å². The first-order chi connectivity index (χ1) is 8.31. The van der Waals surface area contributed by atoms with Crippen LogP contribution in [0.15, 0.2) is 0 Å². The van der Waals surface area contributed by atoms with Crippen LogP contribution >= 0.6 is 0 Å². The van der Waals surface area contributed by atoms with Crippen molar-refractivity contribution in [3.8, 4) is 12.3 Å². The normalized spacial score (nSPS) is 29.2. The Balaban J connectivity index is 1.71. The van der Waals surface area contributed by atoms with Gasteiger partial charge in [-0.3, -0.25) is 4.90 Å². The van der Waals surface area contributed by atoms with Crippen LogP contribution in [-0.4, -0.2) is 31.1 Å². The molecule has 17 heavy (non-hydrogen) atoms. The fourth-order valence-electron chi connectivity index (χ4n) is 3.01. The number of nitrogens with two attached hydrogens (primary N) is 1. The van der Waals surface area contributed by atoms with Crippen molar-refractivity contribution >= 4 is 0 Å². The maximum Gasteiger partial charge on any atom is 0.0599 e. The molecule has 0 aliphatic heterocycles. The molecule has 0 aromatic heterocycles. The summed E-state index contributed by atoms with van der Waals surface area (Å²) in [7, 11) is 0. The Labute approximate surface area is 106 Å². The molecule has 0 radical (unpaired) electrons. The van der Waals surface area contributed by atoms with E-state index in [0.29, 0.717) is 0 Å². The molecule has 0 amide bonds. The van der Waals surface area contributed by atoms with Crippen LogP contribution < -0.4 is 5.73 Å². The van der Waals surface area contributed by atoms with Crippen molar-refractivity contribution in [2.24, 2.45) is 23.5 Å². The van der Waals surface area contributed by atoms with Gasteiger partial charge in [-0.1, -0.05) is 5.92 Å². The minimum absolute atomic E-state index is 0.788. The molecular weight excluding hydrogens is 208 g/mol.